The Hall–Kier alpha value is -2.04. The molecule has 4 nitrogen and oxygen atoms in total. The van der Waals surface area contributed by atoms with Crippen molar-refractivity contribution in [2.45, 2.75) is 20.0 Å². The van der Waals surface area contributed by atoms with Crippen LogP contribution in [-0.2, 0) is 9.53 Å². The summed E-state index contributed by atoms with van der Waals surface area (Å²) >= 11 is 11.8. The van der Waals surface area contributed by atoms with Gasteiger partial charge in [0.05, 0.1) is 5.02 Å². The van der Waals surface area contributed by atoms with E-state index in [9.17, 15) is 9.59 Å². The minimum atomic E-state index is -0.908. The van der Waals surface area contributed by atoms with E-state index < -0.39 is 12.1 Å². The van der Waals surface area contributed by atoms with Gasteiger partial charge in [-0.05, 0) is 32.0 Å². The van der Waals surface area contributed by atoms with Crippen LogP contribution in [0.15, 0.2) is 42.5 Å². The highest BCUT2D eigenvalue weighted by atomic mass is 35.5. The van der Waals surface area contributed by atoms with E-state index in [1.807, 2.05) is 19.1 Å². The van der Waals surface area contributed by atoms with E-state index in [0.717, 1.165) is 5.56 Å². The molecule has 0 bridgehead atoms. The van der Waals surface area contributed by atoms with Crippen molar-refractivity contribution < 1.29 is 19.1 Å². The lowest BCUT2D eigenvalue weighted by molar-refractivity contribution is -0.149. The predicted molar refractivity (Wildman–Crippen MR) is 93.0 cm³/mol. The molecule has 0 saturated carbocycles. The van der Waals surface area contributed by atoms with Crippen LogP contribution in [0.25, 0.3) is 0 Å². The van der Waals surface area contributed by atoms with Crippen LogP contribution in [0.1, 0.15) is 22.8 Å². The number of Topliss-reactive ketones (excluding diaryl/α,β-unsaturated/α-hetero) is 1. The number of hydrogen-bond acceptors (Lipinski definition) is 4. The van der Waals surface area contributed by atoms with Crippen LogP contribution in [-0.4, -0.2) is 24.5 Å². The zero-order valence-electron chi connectivity index (χ0n) is 13.2. The maximum atomic E-state index is 12.0. The minimum Gasteiger partial charge on any atom is -0.477 e. The van der Waals surface area contributed by atoms with Crippen molar-refractivity contribution in [2.24, 2.45) is 0 Å². The molecule has 0 aromatic heterocycles. The zero-order valence-corrected chi connectivity index (χ0v) is 14.7. The van der Waals surface area contributed by atoms with Crippen molar-refractivity contribution in [3.8, 4) is 5.75 Å². The molecular formula is C18H16Cl2O4. The molecule has 0 aliphatic heterocycles. The average Bonchev–Trinajstić information content (AvgIpc) is 2.55. The Morgan fingerprint density at radius 1 is 1.08 bits per heavy atom. The summed E-state index contributed by atoms with van der Waals surface area (Å²) in [5.41, 5.74) is 1.54. The van der Waals surface area contributed by atoms with Crippen LogP contribution in [0.3, 0.4) is 0 Å². The molecule has 2 aromatic carbocycles. The van der Waals surface area contributed by atoms with E-state index >= 15 is 0 Å². The fraction of sp³-hybridized carbons (Fsp3) is 0.222. The summed E-state index contributed by atoms with van der Waals surface area (Å²) in [4.78, 5) is 23.9. The number of ether oxygens (including phenoxy) is 2. The molecule has 2 aromatic rings. The number of carbonyl (C=O) groups excluding carboxylic acids is 2. The Labute approximate surface area is 150 Å². The van der Waals surface area contributed by atoms with Gasteiger partial charge >= 0.3 is 5.97 Å². The van der Waals surface area contributed by atoms with E-state index in [-0.39, 0.29) is 17.4 Å². The monoisotopic (exact) mass is 366 g/mol. The van der Waals surface area contributed by atoms with Crippen LogP contribution < -0.4 is 4.74 Å². The van der Waals surface area contributed by atoms with Crippen LogP contribution in [0.4, 0.5) is 0 Å². The van der Waals surface area contributed by atoms with Gasteiger partial charge in [0.15, 0.2) is 18.5 Å². The molecule has 0 spiro atoms. The summed E-state index contributed by atoms with van der Waals surface area (Å²) in [5, 5.41) is 0.754. The molecule has 0 aliphatic rings. The van der Waals surface area contributed by atoms with E-state index in [2.05, 4.69) is 0 Å². The minimum absolute atomic E-state index is 0.278. The Morgan fingerprint density at radius 3 is 2.38 bits per heavy atom. The summed E-state index contributed by atoms with van der Waals surface area (Å²) in [6, 6.07) is 11.7. The normalized spacial score (nSPS) is 11.7. The van der Waals surface area contributed by atoms with Gasteiger partial charge in [-0.15, -0.1) is 0 Å². The second-order valence-corrected chi connectivity index (χ2v) is 6.08. The summed E-state index contributed by atoms with van der Waals surface area (Å²) in [7, 11) is 0. The van der Waals surface area contributed by atoms with Gasteiger partial charge in [0.2, 0.25) is 0 Å². The van der Waals surface area contributed by atoms with Gasteiger partial charge < -0.3 is 9.47 Å². The third kappa shape index (κ3) is 4.98. The first-order valence-electron chi connectivity index (χ1n) is 7.25. The largest absolute Gasteiger partial charge is 0.477 e. The molecule has 0 amide bonds. The molecule has 2 rings (SSSR count). The Kier molecular flexibility index (Phi) is 6.23. The topological polar surface area (TPSA) is 52.6 Å². The lowest BCUT2D eigenvalue weighted by Crippen LogP contribution is -2.28. The van der Waals surface area contributed by atoms with Crippen molar-refractivity contribution in [3.05, 3.63) is 63.6 Å². The number of esters is 1. The highest BCUT2D eigenvalue weighted by Gasteiger charge is 2.19. The Bertz CT molecular complexity index is 741. The van der Waals surface area contributed by atoms with E-state index in [1.54, 1.807) is 24.3 Å². The molecule has 0 aliphatic carbocycles. The summed E-state index contributed by atoms with van der Waals surface area (Å²) in [5.74, 6) is -0.614. The SMILES string of the molecule is Cc1ccc(C(=O)COC(=O)C(C)Oc2ccc(Cl)cc2Cl)cc1. The van der Waals surface area contributed by atoms with Crippen LogP contribution in [0.5, 0.6) is 5.75 Å². The number of rotatable bonds is 6. The van der Waals surface area contributed by atoms with Crippen LogP contribution in [0, 0.1) is 6.92 Å². The molecule has 6 heteroatoms. The van der Waals surface area contributed by atoms with Crippen molar-refractivity contribution in [2.75, 3.05) is 6.61 Å². The molecule has 0 saturated heterocycles. The van der Waals surface area contributed by atoms with Gasteiger partial charge in [0.25, 0.3) is 0 Å². The number of carbonyl (C=O) groups is 2. The zero-order chi connectivity index (χ0) is 17.7. The van der Waals surface area contributed by atoms with Gasteiger partial charge in [0.1, 0.15) is 5.75 Å². The maximum absolute atomic E-state index is 12.0. The van der Waals surface area contributed by atoms with Gasteiger partial charge in [-0.3, -0.25) is 4.79 Å². The van der Waals surface area contributed by atoms with Crippen LogP contribution in [0.2, 0.25) is 10.0 Å². The highest BCUT2D eigenvalue weighted by molar-refractivity contribution is 6.35. The van der Waals surface area contributed by atoms with Gasteiger partial charge in [-0.25, -0.2) is 4.79 Å². The molecule has 0 N–H and O–H groups in total. The second kappa shape index (κ2) is 8.18. The fourth-order valence-electron chi connectivity index (χ4n) is 1.89. The first-order chi connectivity index (χ1) is 11.4. The van der Waals surface area contributed by atoms with E-state index in [4.69, 9.17) is 32.7 Å². The number of benzene rings is 2. The quantitative estimate of drug-likeness (QED) is 0.557. The predicted octanol–water partition coefficient (Wildman–Crippen LogP) is 4.50. The first kappa shape index (κ1) is 18.3. The molecule has 1 atom stereocenters. The first-order valence-corrected chi connectivity index (χ1v) is 8.00. The molecule has 1 unspecified atom stereocenters. The highest BCUT2D eigenvalue weighted by Crippen LogP contribution is 2.28. The van der Waals surface area contributed by atoms with E-state index in [0.29, 0.717) is 16.3 Å². The standard InChI is InChI=1S/C18H16Cl2O4/c1-11-3-5-13(6-4-11)16(21)10-23-18(22)12(2)24-17-8-7-14(19)9-15(17)20/h3-9,12H,10H2,1-2H3. The van der Waals surface area contributed by atoms with Crippen LogP contribution >= 0.6 is 23.2 Å². The number of halogens is 2. The smallest absolute Gasteiger partial charge is 0.347 e. The molecular weight excluding hydrogens is 351 g/mol. The maximum Gasteiger partial charge on any atom is 0.347 e. The fourth-order valence-corrected chi connectivity index (χ4v) is 2.34. The number of ketones is 1. The molecule has 126 valence electrons. The van der Waals surface area contributed by atoms with Gasteiger partial charge in [-0.1, -0.05) is 53.0 Å². The van der Waals surface area contributed by atoms with Gasteiger partial charge in [-0.2, -0.15) is 0 Å². The Balaban J connectivity index is 1.89. The summed E-state index contributed by atoms with van der Waals surface area (Å²) in [6.07, 6.45) is -0.908. The molecule has 24 heavy (non-hydrogen) atoms. The van der Waals surface area contributed by atoms with Crippen molar-refractivity contribution in [1.29, 1.82) is 0 Å². The molecule has 0 radical (unpaired) electrons. The third-order valence-electron chi connectivity index (χ3n) is 3.25. The average molecular weight is 367 g/mol. The molecule has 0 heterocycles. The van der Waals surface area contributed by atoms with E-state index in [1.165, 1.54) is 13.0 Å². The number of hydrogen-bond donors (Lipinski definition) is 0. The lowest BCUT2D eigenvalue weighted by Gasteiger charge is -2.14. The van der Waals surface area contributed by atoms with Crippen molar-refractivity contribution in [1.82, 2.24) is 0 Å². The van der Waals surface area contributed by atoms with Gasteiger partial charge in [0, 0.05) is 10.6 Å². The summed E-state index contributed by atoms with van der Waals surface area (Å²) < 4.78 is 10.4. The van der Waals surface area contributed by atoms with Crippen molar-refractivity contribution in [3.63, 3.8) is 0 Å². The summed E-state index contributed by atoms with van der Waals surface area (Å²) in [6.45, 7) is 3.10. The molecule has 0 fully saturated rings. The van der Waals surface area contributed by atoms with Crippen molar-refractivity contribution >= 4 is 35.0 Å². The lowest BCUT2D eigenvalue weighted by atomic mass is 10.1. The Morgan fingerprint density at radius 2 is 1.75 bits per heavy atom. The second-order valence-electron chi connectivity index (χ2n) is 5.23. The number of aryl methyl sites for hydroxylation is 1. The third-order valence-corrected chi connectivity index (χ3v) is 3.78.